The molecule has 8 nitrogen and oxygen atoms in total. The number of hydrogen-bond acceptors (Lipinski definition) is 6. The second-order valence-electron chi connectivity index (χ2n) is 7.42. The van der Waals surface area contributed by atoms with Crippen molar-refractivity contribution in [3.05, 3.63) is 59.7 Å². The van der Waals surface area contributed by atoms with Gasteiger partial charge in [0.25, 0.3) is 5.91 Å². The van der Waals surface area contributed by atoms with E-state index in [1.165, 1.54) is 31.2 Å². The van der Waals surface area contributed by atoms with Crippen molar-refractivity contribution >= 4 is 27.6 Å². The van der Waals surface area contributed by atoms with Crippen LogP contribution in [-0.4, -0.2) is 45.7 Å². The molecule has 3 rings (SSSR count). The van der Waals surface area contributed by atoms with Gasteiger partial charge >= 0.3 is 5.97 Å². The minimum absolute atomic E-state index is 0.0345. The fourth-order valence-electron chi connectivity index (χ4n) is 3.11. The number of hydrogen-bond donors (Lipinski definition) is 2. The lowest BCUT2D eigenvalue weighted by Gasteiger charge is -2.14. The standard InChI is InChI=1S/C22H26N2O6S/c1-15-5-3-6-18(13-15)24-21(25)16(2)30-22(26)17-8-10-20(11-9-17)31(27,28)23-14-19-7-4-12-29-19/h3,5-6,8-11,13,16,19,23H,4,7,12,14H2,1-2H3,(H,24,25). The Bertz CT molecular complexity index is 1030. The minimum atomic E-state index is -3.71. The maximum atomic E-state index is 12.4. The van der Waals surface area contributed by atoms with Crippen molar-refractivity contribution in [2.24, 2.45) is 0 Å². The van der Waals surface area contributed by atoms with E-state index in [1.54, 1.807) is 12.1 Å². The maximum Gasteiger partial charge on any atom is 0.338 e. The molecule has 2 aromatic rings. The second-order valence-corrected chi connectivity index (χ2v) is 9.18. The summed E-state index contributed by atoms with van der Waals surface area (Å²) in [5.74, 6) is -1.18. The maximum absolute atomic E-state index is 12.4. The topological polar surface area (TPSA) is 111 Å². The number of anilines is 1. The Balaban J connectivity index is 1.55. The number of rotatable bonds is 8. The van der Waals surface area contributed by atoms with Gasteiger partial charge in [-0.1, -0.05) is 12.1 Å². The van der Waals surface area contributed by atoms with E-state index in [9.17, 15) is 18.0 Å². The zero-order valence-corrected chi connectivity index (χ0v) is 18.3. The zero-order valence-electron chi connectivity index (χ0n) is 17.5. The lowest BCUT2D eigenvalue weighted by molar-refractivity contribution is -0.123. The van der Waals surface area contributed by atoms with E-state index in [0.717, 1.165) is 18.4 Å². The van der Waals surface area contributed by atoms with Crippen molar-refractivity contribution in [3.8, 4) is 0 Å². The number of carbonyl (C=O) groups excluding carboxylic acids is 2. The smallest absolute Gasteiger partial charge is 0.338 e. The molecule has 2 unspecified atom stereocenters. The fourth-order valence-corrected chi connectivity index (χ4v) is 4.18. The third-order valence-electron chi connectivity index (χ3n) is 4.86. The van der Waals surface area contributed by atoms with Crippen LogP contribution in [-0.2, 0) is 24.3 Å². The average Bonchev–Trinajstić information content (AvgIpc) is 3.26. The second kappa shape index (κ2) is 10.0. The predicted octanol–water partition coefficient (Wildman–Crippen LogP) is 2.64. The summed E-state index contributed by atoms with van der Waals surface area (Å²) in [6.45, 7) is 4.22. The van der Waals surface area contributed by atoms with E-state index in [2.05, 4.69) is 10.0 Å². The van der Waals surface area contributed by atoms with Gasteiger partial charge in [-0.05, 0) is 68.7 Å². The lowest BCUT2D eigenvalue weighted by Crippen LogP contribution is -2.32. The first kappa shape index (κ1) is 22.9. The molecule has 166 valence electrons. The first-order valence-electron chi connectivity index (χ1n) is 10.0. The third-order valence-corrected chi connectivity index (χ3v) is 6.30. The Morgan fingerprint density at radius 2 is 1.94 bits per heavy atom. The highest BCUT2D eigenvalue weighted by Crippen LogP contribution is 2.15. The molecular weight excluding hydrogens is 420 g/mol. The Labute approximate surface area is 182 Å². The molecule has 0 aromatic heterocycles. The number of carbonyl (C=O) groups is 2. The molecule has 2 atom stereocenters. The van der Waals surface area contributed by atoms with Gasteiger partial charge in [-0.2, -0.15) is 0 Å². The first-order chi connectivity index (χ1) is 14.7. The molecule has 1 aliphatic rings. The zero-order chi connectivity index (χ0) is 22.4. The molecular formula is C22H26N2O6S. The normalized spacial score (nSPS) is 17.2. The minimum Gasteiger partial charge on any atom is -0.449 e. The summed E-state index contributed by atoms with van der Waals surface area (Å²) in [6, 6.07) is 12.6. The summed E-state index contributed by atoms with van der Waals surface area (Å²) < 4.78 is 37.9. The molecule has 9 heteroatoms. The Kier molecular flexibility index (Phi) is 7.42. The van der Waals surface area contributed by atoms with Gasteiger partial charge in [0.05, 0.1) is 16.6 Å². The molecule has 0 bridgehead atoms. The van der Waals surface area contributed by atoms with Crippen LogP contribution in [0.25, 0.3) is 0 Å². The van der Waals surface area contributed by atoms with Crippen molar-refractivity contribution in [2.45, 2.75) is 43.8 Å². The van der Waals surface area contributed by atoms with E-state index in [-0.39, 0.29) is 23.1 Å². The summed E-state index contributed by atoms with van der Waals surface area (Å²) in [5.41, 5.74) is 1.74. The molecule has 2 N–H and O–H groups in total. The number of esters is 1. The Hall–Kier alpha value is -2.75. The highest BCUT2D eigenvalue weighted by molar-refractivity contribution is 7.89. The van der Waals surface area contributed by atoms with Gasteiger partial charge in [-0.25, -0.2) is 17.9 Å². The molecule has 1 aliphatic heterocycles. The van der Waals surface area contributed by atoms with E-state index in [4.69, 9.17) is 9.47 Å². The highest BCUT2D eigenvalue weighted by atomic mass is 32.2. The van der Waals surface area contributed by atoms with Crippen LogP contribution in [0, 0.1) is 6.92 Å². The number of aryl methyl sites for hydroxylation is 1. The van der Waals surface area contributed by atoms with E-state index >= 15 is 0 Å². The van der Waals surface area contributed by atoms with E-state index in [1.807, 2.05) is 19.1 Å². The first-order valence-corrected chi connectivity index (χ1v) is 11.5. The number of benzene rings is 2. The van der Waals surface area contributed by atoms with Crippen LogP contribution >= 0.6 is 0 Å². The van der Waals surface area contributed by atoms with Crippen molar-refractivity contribution in [3.63, 3.8) is 0 Å². The van der Waals surface area contributed by atoms with E-state index < -0.39 is 28.0 Å². The number of amides is 1. The van der Waals surface area contributed by atoms with Crippen LogP contribution in [0.15, 0.2) is 53.4 Å². The molecule has 0 saturated carbocycles. The number of sulfonamides is 1. The summed E-state index contributed by atoms with van der Waals surface area (Å²) in [6.07, 6.45) is 0.606. The molecule has 1 heterocycles. The van der Waals surface area contributed by atoms with Crippen molar-refractivity contribution in [1.82, 2.24) is 4.72 Å². The third kappa shape index (κ3) is 6.36. The summed E-state index contributed by atoms with van der Waals surface area (Å²) >= 11 is 0. The van der Waals surface area contributed by atoms with Crippen LogP contribution < -0.4 is 10.0 Å². The number of nitrogens with one attached hydrogen (secondary N) is 2. The van der Waals surface area contributed by atoms with E-state index in [0.29, 0.717) is 12.3 Å². The lowest BCUT2D eigenvalue weighted by atomic mass is 10.2. The largest absolute Gasteiger partial charge is 0.449 e. The van der Waals surface area contributed by atoms with Gasteiger partial charge in [0.1, 0.15) is 0 Å². The molecule has 1 saturated heterocycles. The molecule has 31 heavy (non-hydrogen) atoms. The molecule has 1 amide bonds. The van der Waals surface area contributed by atoms with Gasteiger partial charge in [0, 0.05) is 18.8 Å². The summed E-state index contributed by atoms with van der Waals surface area (Å²) in [7, 11) is -3.71. The van der Waals surface area contributed by atoms with Gasteiger partial charge < -0.3 is 14.8 Å². The molecule has 0 aliphatic carbocycles. The Morgan fingerprint density at radius 3 is 2.58 bits per heavy atom. The summed E-state index contributed by atoms with van der Waals surface area (Å²) in [5, 5.41) is 2.69. The van der Waals surface area contributed by atoms with Crippen LogP contribution in [0.1, 0.15) is 35.7 Å². The molecule has 2 aromatic carbocycles. The Morgan fingerprint density at radius 1 is 1.19 bits per heavy atom. The van der Waals surface area contributed by atoms with Crippen LogP contribution in [0.2, 0.25) is 0 Å². The predicted molar refractivity (Wildman–Crippen MR) is 115 cm³/mol. The highest BCUT2D eigenvalue weighted by Gasteiger charge is 2.22. The van der Waals surface area contributed by atoms with Crippen molar-refractivity contribution in [1.29, 1.82) is 0 Å². The monoisotopic (exact) mass is 446 g/mol. The number of ether oxygens (including phenoxy) is 2. The van der Waals surface area contributed by atoms with Crippen LogP contribution in [0.5, 0.6) is 0 Å². The van der Waals surface area contributed by atoms with Crippen LogP contribution in [0.3, 0.4) is 0 Å². The average molecular weight is 447 g/mol. The van der Waals surface area contributed by atoms with Gasteiger partial charge in [-0.3, -0.25) is 4.79 Å². The molecule has 1 fully saturated rings. The van der Waals surface area contributed by atoms with Gasteiger partial charge in [-0.15, -0.1) is 0 Å². The van der Waals surface area contributed by atoms with Gasteiger partial charge in [0.15, 0.2) is 6.10 Å². The van der Waals surface area contributed by atoms with Crippen LogP contribution in [0.4, 0.5) is 5.69 Å². The van der Waals surface area contributed by atoms with Crippen molar-refractivity contribution < 1.29 is 27.5 Å². The fraction of sp³-hybridized carbons (Fsp3) is 0.364. The van der Waals surface area contributed by atoms with Gasteiger partial charge in [0.2, 0.25) is 10.0 Å². The SMILES string of the molecule is Cc1cccc(NC(=O)C(C)OC(=O)c2ccc(S(=O)(=O)NCC3CCCO3)cc2)c1. The summed E-state index contributed by atoms with van der Waals surface area (Å²) in [4.78, 5) is 24.6. The molecule has 0 spiro atoms. The molecule has 0 radical (unpaired) electrons. The quantitative estimate of drug-likeness (QED) is 0.603. The van der Waals surface area contributed by atoms with Crippen molar-refractivity contribution in [2.75, 3.05) is 18.5 Å².